The highest BCUT2D eigenvalue weighted by molar-refractivity contribution is 5.94. The zero-order chi connectivity index (χ0) is 21.4. The lowest BCUT2D eigenvalue weighted by Crippen LogP contribution is -2.54. The highest BCUT2D eigenvalue weighted by Gasteiger charge is 2.47. The van der Waals surface area contributed by atoms with E-state index in [1.54, 1.807) is 24.1 Å². The first kappa shape index (κ1) is 19.5. The van der Waals surface area contributed by atoms with Crippen molar-refractivity contribution in [2.24, 2.45) is 0 Å². The summed E-state index contributed by atoms with van der Waals surface area (Å²) < 4.78 is 13.4. The van der Waals surface area contributed by atoms with E-state index in [-0.39, 0.29) is 11.8 Å². The fourth-order valence-corrected chi connectivity index (χ4v) is 4.32. The number of aryl methyl sites for hydroxylation is 1. The van der Waals surface area contributed by atoms with Crippen LogP contribution >= 0.6 is 0 Å². The zero-order valence-electron chi connectivity index (χ0n) is 17.2. The molecule has 1 saturated heterocycles. The molecule has 3 aromatic rings. The smallest absolute Gasteiger partial charge is 0.276 e. The van der Waals surface area contributed by atoms with Gasteiger partial charge in [-0.25, -0.2) is 4.98 Å². The second-order valence-electron chi connectivity index (χ2n) is 7.97. The van der Waals surface area contributed by atoms with Crippen LogP contribution in [0.5, 0.6) is 0 Å². The SMILES string of the molecule is Cc1cc(C(=O)N2CCC3(CC2)OC(C(=O)Nc2ccccc2)Cn2ccnc23)no1. The average Bonchev–Trinajstić information content (AvgIpc) is 3.44. The number of carbonyl (C=O) groups excluding carboxylic acids is 2. The summed E-state index contributed by atoms with van der Waals surface area (Å²) in [5.41, 5.74) is 0.321. The largest absolute Gasteiger partial charge is 0.361 e. The number of nitrogens with one attached hydrogen (secondary N) is 1. The molecule has 9 nitrogen and oxygen atoms in total. The lowest BCUT2D eigenvalue weighted by Gasteiger charge is -2.45. The van der Waals surface area contributed by atoms with Crippen molar-refractivity contribution >= 4 is 17.5 Å². The standard InChI is InChI=1S/C22H23N5O4/c1-15-13-17(25-31-15)20(29)26-10-7-22(8-11-26)21-23-9-12-27(21)14-18(30-22)19(28)24-16-5-3-2-4-6-16/h2-6,9,12-13,18H,7-8,10-11,14H2,1H3,(H,24,28). The molecule has 5 rings (SSSR count). The molecule has 1 N–H and O–H groups in total. The van der Waals surface area contributed by atoms with Crippen LogP contribution in [0.2, 0.25) is 0 Å². The number of amides is 2. The van der Waals surface area contributed by atoms with Gasteiger partial charge < -0.3 is 24.0 Å². The van der Waals surface area contributed by atoms with Crippen LogP contribution < -0.4 is 5.32 Å². The van der Waals surface area contributed by atoms with Crippen LogP contribution in [0.4, 0.5) is 5.69 Å². The highest BCUT2D eigenvalue weighted by Crippen LogP contribution is 2.40. The molecule has 1 aromatic carbocycles. The Bertz CT molecular complexity index is 1100. The van der Waals surface area contributed by atoms with Crippen molar-refractivity contribution in [1.82, 2.24) is 19.6 Å². The summed E-state index contributed by atoms with van der Waals surface area (Å²) >= 11 is 0. The predicted molar refractivity (Wildman–Crippen MR) is 110 cm³/mol. The number of piperidine rings is 1. The molecule has 160 valence electrons. The lowest BCUT2D eigenvalue weighted by molar-refractivity contribution is -0.168. The van der Waals surface area contributed by atoms with Crippen LogP contribution in [0.3, 0.4) is 0 Å². The maximum Gasteiger partial charge on any atom is 0.276 e. The molecule has 31 heavy (non-hydrogen) atoms. The fourth-order valence-electron chi connectivity index (χ4n) is 4.32. The van der Waals surface area contributed by atoms with Crippen LogP contribution in [-0.4, -0.2) is 50.6 Å². The second-order valence-corrected chi connectivity index (χ2v) is 7.97. The van der Waals surface area contributed by atoms with Gasteiger partial charge in [0.05, 0.1) is 6.54 Å². The predicted octanol–water partition coefficient (Wildman–Crippen LogP) is 2.35. The lowest BCUT2D eigenvalue weighted by atomic mass is 9.88. The molecule has 2 aromatic heterocycles. The summed E-state index contributed by atoms with van der Waals surface area (Å²) in [4.78, 5) is 31.9. The van der Waals surface area contributed by atoms with Gasteiger partial charge in [-0.1, -0.05) is 23.4 Å². The van der Waals surface area contributed by atoms with Gasteiger partial charge in [0.1, 0.15) is 17.2 Å². The molecule has 0 saturated carbocycles. The van der Waals surface area contributed by atoms with Gasteiger partial charge in [0.25, 0.3) is 11.8 Å². The minimum Gasteiger partial charge on any atom is -0.361 e. The van der Waals surface area contributed by atoms with E-state index in [1.165, 1.54) is 0 Å². The number of anilines is 1. The molecule has 0 radical (unpaired) electrons. The van der Waals surface area contributed by atoms with Gasteiger partial charge >= 0.3 is 0 Å². The van der Waals surface area contributed by atoms with Crippen LogP contribution in [-0.2, 0) is 21.7 Å². The summed E-state index contributed by atoms with van der Waals surface area (Å²) in [6.45, 7) is 3.11. The first-order valence-electron chi connectivity index (χ1n) is 10.3. The molecule has 0 aliphatic carbocycles. The van der Waals surface area contributed by atoms with Crippen molar-refractivity contribution in [1.29, 1.82) is 0 Å². The van der Waals surface area contributed by atoms with E-state index in [0.29, 0.717) is 43.9 Å². The van der Waals surface area contributed by atoms with Gasteiger partial charge in [-0.15, -0.1) is 0 Å². The Morgan fingerprint density at radius 3 is 2.68 bits per heavy atom. The number of aromatic nitrogens is 3. The van der Waals surface area contributed by atoms with Crippen LogP contribution in [0.1, 0.15) is 34.9 Å². The number of fused-ring (bicyclic) bond motifs is 2. The second kappa shape index (κ2) is 7.66. The van der Waals surface area contributed by atoms with E-state index >= 15 is 0 Å². The summed E-state index contributed by atoms with van der Waals surface area (Å²) in [5, 5.41) is 6.76. The number of hydrogen-bond donors (Lipinski definition) is 1. The number of ether oxygens (including phenoxy) is 1. The molecule has 2 amide bonds. The number of para-hydroxylation sites is 1. The topological polar surface area (TPSA) is 102 Å². The third-order valence-corrected chi connectivity index (χ3v) is 5.89. The van der Waals surface area contributed by atoms with E-state index in [1.807, 2.05) is 41.1 Å². The van der Waals surface area contributed by atoms with Crippen molar-refractivity contribution in [2.75, 3.05) is 18.4 Å². The number of imidazole rings is 1. The Hall–Kier alpha value is -3.46. The van der Waals surface area contributed by atoms with E-state index in [0.717, 1.165) is 11.5 Å². The van der Waals surface area contributed by atoms with E-state index < -0.39 is 11.7 Å². The molecule has 2 aliphatic heterocycles. The highest BCUT2D eigenvalue weighted by atomic mass is 16.5. The van der Waals surface area contributed by atoms with Gasteiger partial charge in [-0.2, -0.15) is 0 Å². The number of rotatable bonds is 3. The first-order chi connectivity index (χ1) is 15.0. The molecule has 1 unspecified atom stereocenters. The van der Waals surface area contributed by atoms with E-state index in [4.69, 9.17) is 9.26 Å². The number of nitrogens with zero attached hydrogens (tertiary/aromatic N) is 4. The Morgan fingerprint density at radius 2 is 1.97 bits per heavy atom. The molecule has 2 aliphatic rings. The van der Waals surface area contributed by atoms with E-state index in [2.05, 4.69) is 15.5 Å². The minimum absolute atomic E-state index is 0.163. The van der Waals surface area contributed by atoms with Crippen molar-refractivity contribution in [3.63, 3.8) is 0 Å². The van der Waals surface area contributed by atoms with Gasteiger partial charge in [-0.05, 0) is 19.1 Å². The normalized spacial score (nSPS) is 19.8. The van der Waals surface area contributed by atoms with Crippen molar-refractivity contribution in [3.8, 4) is 0 Å². The molecule has 1 atom stereocenters. The Balaban J connectivity index is 1.33. The zero-order valence-corrected chi connectivity index (χ0v) is 17.2. The summed E-state index contributed by atoms with van der Waals surface area (Å²) in [6.07, 6.45) is 4.04. The fraction of sp³-hybridized carbons (Fsp3) is 0.364. The van der Waals surface area contributed by atoms with Crippen molar-refractivity contribution < 1.29 is 18.8 Å². The van der Waals surface area contributed by atoms with Crippen LogP contribution in [0.15, 0.2) is 53.3 Å². The van der Waals surface area contributed by atoms with Crippen molar-refractivity contribution in [2.45, 2.75) is 38.0 Å². The number of likely N-dealkylation sites (tertiary alicyclic amines) is 1. The molecule has 9 heteroatoms. The quantitative estimate of drug-likeness (QED) is 0.696. The van der Waals surface area contributed by atoms with E-state index in [9.17, 15) is 9.59 Å². The number of carbonyl (C=O) groups is 2. The maximum absolute atomic E-state index is 12.9. The Labute approximate surface area is 179 Å². The third kappa shape index (κ3) is 3.61. The van der Waals surface area contributed by atoms with Crippen LogP contribution in [0, 0.1) is 6.92 Å². The molecule has 4 heterocycles. The van der Waals surface area contributed by atoms with Gasteiger partial charge in [0.2, 0.25) is 0 Å². The first-order valence-corrected chi connectivity index (χ1v) is 10.3. The summed E-state index contributed by atoms with van der Waals surface area (Å²) in [6, 6.07) is 11.0. The summed E-state index contributed by atoms with van der Waals surface area (Å²) in [7, 11) is 0. The summed E-state index contributed by atoms with van der Waals surface area (Å²) in [5.74, 6) is 1.05. The molecule has 0 bridgehead atoms. The molecule has 1 spiro atoms. The minimum atomic E-state index is -0.711. The van der Waals surface area contributed by atoms with Gasteiger partial charge in [0, 0.05) is 50.1 Å². The maximum atomic E-state index is 12.9. The third-order valence-electron chi connectivity index (χ3n) is 5.89. The Kier molecular flexibility index (Phi) is 4.82. The van der Waals surface area contributed by atoms with Crippen molar-refractivity contribution in [3.05, 3.63) is 66.1 Å². The number of hydrogen-bond acceptors (Lipinski definition) is 6. The van der Waals surface area contributed by atoms with Gasteiger partial charge in [0.15, 0.2) is 11.8 Å². The monoisotopic (exact) mass is 421 g/mol. The molecule has 1 fully saturated rings. The average molecular weight is 421 g/mol. The molecular weight excluding hydrogens is 398 g/mol. The number of benzene rings is 1. The van der Waals surface area contributed by atoms with Gasteiger partial charge in [-0.3, -0.25) is 9.59 Å². The Morgan fingerprint density at radius 1 is 1.19 bits per heavy atom. The molecular formula is C22H23N5O4. The van der Waals surface area contributed by atoms with Crippen LogP contribution in [0.25, 0.3) is 0 Å².